The Labute approximate surface area is 226 Å². The normalized spacial score (nSPS) is 25.7. The Bertz CT molecular complexity index is 1060. The standard InChI is InChI=1S/C28H37NO8S/c1-4-16(2)28(35)37-25-10-9-23(29-36-15-20-6-5-11-38-20)22-14-24(32)17(3)21(27(22)25)8-7-18(30)12-19(31)13-26(33)34/h5-6,11,14,16-17,19,21,25,27,31H,4,7-10,12-13,15H2,1-3H3,(H,33,34). The third-order valence-electron chi connectivity index (χ3n) is 7.48. The van der Waals surface area contributed by atoms with Crippen molar-refractivity contribution >= 4 is 40.6 Å². The van der Waals surface area contributed by atoms with Gasteiger partial charge in [-0.25, -0.2) is 0 Å². The molecule has 0 aromatic carbocycles. The molecule has 2 N–H and O–H groups in total. The summed E-state index contributed by atoms with van der Waals surface area (Å²) in [5.41, 5.74) is 1.34. The molecule has 0 spiro atoms. The Morgan fingerprint density at radius 2 is 2.03 bits per heavy atom. The number of aliphatic hydroxyl groups is 1. The fourth-order valence-electron chi connectivity index (χ4n) is 5.12. The number of aliphatic hydroxyl groups excluding tert-OH is 1. The van der Waals surface area contributed by atoms with Crippen LogP contribution in [0.4, 0.5) is 0 Å². The van der Waals surface area contributed by atoms with E-state index in [2.05, 4.69) is 5.16 Å². The predicted molar refractivity (Wildman–Crippen MR) is 141 cm³/mol. The van der Waals surface area contributed by atoms with Crippen LogP contribution >= 0.6 is 11.3 Å². The van der Waals surface area contributed by atoms with Gasteiger partial charge in [0.05, 0.1) is 24.2 Å². The van der Waals surface area contributed by atoms with Gasteiger partial charge in [-0.1, -0.05) is 32.0 Å². The Kier molecular flexibility index (Phi) is 10.8. The zero-order chi connectivity index (χ0) is 27.8. The fourth-order valence-corrected chi connectivity index (χ4v) is 5.72. The number of thiophene rings is 1. The fraction of sp³-hybridized carbons (Fsp3) is 0.607. The Morgan fingerprint density at radius 1 is 1.26 bits per heavy atom. The van der Waals surface area contributed by atoms with E-state index in [-0.39, 0.29) is 48.1 Å². The van der Waals surface area contributed by atoms with Crippen molar-refractivity contribution in [3.63, 3.8) is 0 Å². The smallest absolute Gasteiger partial charge is 0.308 e. The largest absolute Gasteiger partial charge is 0.481 e. The molecule has 0 saturated heterocycles. The van der Waals surface area contributed by atoms with Crippen molar-refractivity contribution in [2.45, 2.75) is 84.5 Å². The number of Topliss-reactive ketones (excluding diaryl/α,β-unsaturated/α-hetero) is 1. The number of nitrogens with zero attached hydrogens (tertiary/aromatic N) is 1. The van der Waals surface area contributed by atoms with E-state index >= 15 is 0 Å². The summed E-state index contributed by atoms with van der Waals surface area (Å²) < 4.78 is 5.98. The van der Waals surface area contributed by atoms with E-state index in [1.807, 2.05) is 38.3 Å². The summed E-state index contributed by atoms with van der Waals surface area (Å²) >= 11 is 1.56. The lowest BCUT2D eigenvalue weighted by Gasteiger charge is -2.43. The van der Waals surface area contributed by atoms with Gasteiger partial charge in [0.15, 0.2) is 12.4 Å². The van der Waals surface area contributed by atoms with Crippen molar-refractivity contribution < 1.29 is 39.0 Å². The molecular weight excluding hydrogens is 510 g/mol. The summed E-state index contributed by atoms with van der Waals surface area (Å²) in [6, 6.07) is 3.88. The van der Waals surface area contributed by atoms with Crippen LogP contribution in [0, 0.1) is 23.7 Å². The third-order valence-corrected chi connectivity index (χ3v) is 8.33. The Balaban J connectivity index is 1.82. The highest BCUT2D eigenvalue weighted by atomic mass is 32.1. The molecule has 3 rings (SSSR count). The van der Waals surface area contributed by atoms with Gasteiger partial charge < -0.3 is 19.8 Å². The maximum absolute atomic E-state index is 13.0. The van der Waals surface area contributed by atoms with Crippen LogP contribution in [0.2, 0.25) is 0 Å². The number of aliphatic carboxylic acids is 1. The number of esters is 1. The SMILES string of the molecule is CCC(C)C(=O)OC1CCC(=NOCc2cccs2)C2=CC(=O)C(C)C(CCC(=O)CC(O)CC(=O)O)C21. The molecule has 2 aliphatic rings. The minimum absolute atomic E-state index is 0.0795. The van der Waals surface area contributed by atoms with Gasteiger partial charge in [-0.15, -0.1) is 11.3 Å². The number of ether oxygens (including phenoxy) is 1. The van der Waals surface area contributed by atoms with E-state index < -0.39 is 30.5 Å². The lowest BCUT2D eigenvalue weighted by Crippen LogP contribution is -2.46. The first-order valence-electron chi connectivity index (χ1n) is 13.2. The summed E-state index contributed by atoms with van der Waals surface area (Å²) in [7, 11) is 0. The molecule has 1 aromatic heterocycles. The number of carbonyl (C=O) groups is 4. The number of oxime groups is 1. The lowest BCUT2D eigenvalue weighted by atomic mass is 9.63. The van der Waals surface area contributed by atoms with Gasteiger partial charge in [0.1, 0.15) is 11.9 Å². The van der Waals surface area contributed by atoms with E-state index in [0.717, 1.165) is 4.88 Å². The molecule has 1 aromatic rings. The van der Waals surface area contributed by atoms with Crippen LogP contribution in [0.25, 0.3) is 0 Å². The molecule has 1 heterocycles. The molecule has 6 atom stereocenters. The van der Waals surface area contributed by atoms with Crippen LogP contribution < -0.4 is 0 Å². The zero-order valence-electron chi connectivity index (χ0n) is 22.1. The third kappa shape index (κ3) is 7.83. The van der Waals surface area contributed by atoms with Crippen molar-refractivity contribution in [3.05, 3.63) is 34.0 Å². The monoisotopic (exact) mass is 547 g/mol. The summed E-state index contributed by atoms with van der Waals surface area (Å²) in [5.74, 6) is -3.10. The Morgan fingerprint density at radius 3 is 2.68 bits per heavy atom. The van der Waals surface area contributed by atoms with Gasteiger partial charge in [0.2, 0.25) is 0 Å². The van der Waals surface area contributed by atoms with Crippen molar-refractivity contribution in [2.75, 3.05) is 0 Å². The summed E-state index contributed by atoms with van der Waals surface area (Å²) in [4.78, 5) is 55.8. The molecular formula is C28H37NO8S. The quantitative estimate of drug-likeness (QED) is 0.275. The van der Waals surface area contributed by atoms with Gasteiger partial charge in [-0.05, 0) is 54.7 Å². The lowest BCUT2D eigenvalue weighted by molar-refractivity contribution is -0.158. The van der Waals surface area contributed by atoms with Crippen molar-refractivity contribution in [2.24, 2.45) is 28.8 Å². The summed E-state index contributed by atoms with van der Waals surface area (Å²) in [5, 5.41) is 25.0. The number of rotatable bonds is 13. The first-order chi connectivity index (χ1) is 18.1. The molecule has 1 saturated carbocycles. The number of allylic oxidation sites excluding steroid dienone is 1. The molecule has 1 fully saturated rings. The first kappa shape index (κ1) is 29.7. The highest BCUT2D eigenvalue weighted by Gasteiger charge is 2.46. The van der Waals surface area contributed by atoms with Gasteiger partial charge in [0, 0.05) is 29.6 Å². The highest BCUT2D eigenvalue weighted by molar-refractivity contribution is 7.09. The molecule has 2 aliphatic carbocycles. The topological polar surface area (TPSA) is 140 Å². The second kappa shape index (κ2) is 13.8. The predicted octanol–water partition coefficient (Wildman–Crippen LogP) is 4.33. The molecule has 6 unspecified atom stereocenters. The second-order valence-corrected chi connectivity index (χ2v) is 11.3. The number of carboxylic acid groups (broad SMARTS) is 1. The maximum Gasteiger partial charge on any atom is 0.308 e. The number of carboxylic acids is 1. The van der Waals surface area contributed by atoms with Crippen molar-refractivity contribution in [1.29, 1.82) is 0 Å². The summed E-state index contributed by atoms with van der Waals surface area (Å²) in [6.07, 6.45) is 1.18. The number of hydrogen-bond donors (Lipinski definition) is 2. The van der Waals surface area contributed by atoms with Crippen molar-refractivity contribution in [3.8, 4) is 0 Å². The highest BCUT2D eigenvalue weighted by Crippen LogP contribution is 2.44. The minimum Gasteiger partial charge on any atom is -0.481 e. The van der Waals surface area contributed by atoms with E-state index in [9.17, 15) is 24.3 Å². The van der Waals surface area contributed by atoms with Gasteiger partial charge >= 0.3 is 11.9 Å². The van der Waals surface area contributed by atoms with Gasteiger partial charge in [0.25, 0.3) is 0 Å². The number of ketones is 2. The molecule has 0 radical (unpaired) electrons. The molecule has 38 heavy (non-hydrogen) atoms. The van der Waals surface area contributed by atoms with E-state index in [1.54, 1.807) is 17.4 Å². The number of carbonyl (C=O) groups excluding carboxylic acids is 3. The van der Waals surface area contributed by atoms with Crippen LogP contribution in [-0.2, 0) is 35.4 Å². The molecule has 0 amide bonds. The van der Waals surface area contributed by atoms with Crippen LogP contribution in [-0.4, -0.2) is 51.6 Å². The molecule has 0 bridgehead atoms. The molecule has 208 valence electrons. The average Bonchev–Trinajstić information content (AvgIpc) is 3.38. The van der Waals surface area contributed by atoms with E-state index in [1.165, 1.54) is 0 Å². The number of hydrogen-bond acceptors (Lipinski definition) is 9. The first-order valence-corrected chi connectivity index (χ1v) is 14.1. The summed E-state index contributed by atoms with van der Waals surface area (Å²) in [6.45, 7) is 5.87. The molecule has 10 heteroatoms. The minimum atomic E-state index is -1.25. The maximum atomic E-state index is 13.0. The van der Waals surface area contributed by atoms with Crippen LogP contribution in [0.15, 0.2) is 34.3 Å². The van der Waals surface area contributed by atoms with Crippen LogP contribution in [0.3, 0.4) is 0 Å². The second-order valence-electron chi connectivity index (χ2n) is 10.2. The van der Waals surface area contributed by atoms with Crippen LogP contribution in [0.5, 0.6) is 0 Å². The zero-order valence-corrected chi connectivity index (χ0v) is 22.9. The van der Waals surface area contributed by atoms with Crippen molar-refractivity contribution in [1.82, 2.24) is 0 Å². The van der Waals surface area contributed by atoms with Gasteiger partial charge in [-0.3, -0.25) is 19.2 Å². The van der Waals surface area contributed by atoms with E-state index in [0.29, 0.717) is 43.6 Å². The Hall–Kier alpha value is -2.85. The number of fused-ring (bicyclic) bond motifs is 1. The van der Waals surface area contributed by atoms with Crippen LogP contribution in [0.1, 0.15) is 70.6 Å². The van der Waals surface area contributed by atoms with Gasteiger partial charge in [-0.2, -0.15) is 0 Å². The molecule has 9 nitrogen and oxygen atoms in total. The van der Waals surface area contributed by atoms with E-state index in [4.69, 9.17) is 14.7 Å². The molecule has 0 aliphatic heterocycles. The average molecular weight is 548 g/mol.